The zero-order chi connectivity index (χ0) is 14.7. The van der Waals surface area contributed by atoms with Crippen LogP contribution in [0.15, 0.2) is 36.4 Å². The van der Waals surface area contributed by atoms with Gasteiger partial charge >= 0.3 is 0 Å². The Bertz CT molecular complexity index is 717. The summed E-state index contributed by atoms with van der Waals surface area (Å²) in [5.74, 6) is -0.876. The highest BCUT2D eigenvalue weighted by Crippen LogP contribution is 2.17. The summed E-state index contributed by atoms with van der Waals surface area (Å²) in [6.07, 6.45) is 0. The van der Waals surface area contributed by atoms with Gasteiger partial charge in [0.25, 0.3) is 5.91 Å². The van der Waals surface area contributed by atoms with Gasteiger partial charge in [-0.25, -0.2) is 4.39 Å². The molecular weight excluding hydrogens is 255 g/mol. The molecule has 20 heavy (non-hydrogen) atoms. The van der Waals surface area contributed by atoms with Crippen molar-refractivity contribution in [1.29, 1.82) is 5.26 Å². The van der Waals surface area contributed by atoms with Crippen molar-refractivity contribution in [1.82, 2.24) is 0 Å². The van der Waals surface area contributed by atoms with Crippen LogP contribution in [0, 0.1) is 31.0 Å². The summed E-state index contributed by atoms with van der Waals surface area (Å²) in [7, 11) is 0. The maximum absolute atomic E-state index is 13.2. The van der Waals surface area contributed by atoms with Crippen molar-refractivity contribution in [3.63, 3.8) is 0 Å². The smallest absolute Gasteiger partial charge is 0.255 e. The number of carbonyl (C=O) groups is 1. The quantitative estimate of drug-likeness (QED) is 0.905. The Morgan fingerprint density at radius 1 is 1.20 bits per heavy atom. The van der Waals surface area contributed by atoms with Crippen LogP contribution in [0.5, 0.6) is 0 Å². The Labute approximate surface area is 116 Å². The fourth-order valence-electron chi connectivity index (χ4n) is 1.87. The number of nitriles is 1. The van der Waals surface area contributed by atoms with Gasteiger partial charge in [0.15, 0.2) is 0 Å². The largest absolute Gasteiger partial charge is 0.322 e. The summed E-state index contributed by atoms with van der Waals surface area (Å²) in [5, 5.41) is 11.4. The number of amides is 1. The Kier molecular flexibility index (Phi) is 3.81. The second-order valence-electron chi connectivity index (χ2n) is 4.58. The van der Waals surface area contributed by atoms with E-state index in [-0.39, 0.29) is 11.5 Å². The number of nitrogens with one attached hydrogen (secondary N) is 1. The van der Waals surface area contributed by atoms with Crippen LogP contribution in [0.3, 0.4) is 0 Å². The number of halogens is 1. The summed E-state index contributed by atoms with van der Waals surface area (Å²) in [4.78, 5) is 12.2. The van der Waals surface area contributed by atoms with E-state index in [4.69, 9.17) is 5.26 Å². The van der Waals surface area contributed by atoms with E-state index in [9.17, 15) is 9.18 Å². The number of rotatable bonds is 2. The van der Waals surface area contributed by atoms with Crippen LogP contribution >= 0.6 is 0 Å². The van der Waals surface area contributed by atoms with Gasteiger partial charge in [-0.15, -0.1) is 0 Å². The topological polar surface area (TPSA) is 52.9 Å². The molecule has 0 saturated carbocycles. The van der Waals surface area contributed by atoms with E-state index in [1.54, 1.807) is 12.1 Å². The molecule has 1 N–H and O–H groups in total. The number of benzene rings is 2. The van der Waals surface area contributed by atoms with Crippen LogP contribution in [0.25, 0.3) is 0 Å². The monoisotopic (exact) mass is 268 g/mol. The molecular formula is C16H13FN2O. The van der Waals surface area contributed by atoms with Crippen LogP contribution in [0.4, 0.5) is 10.1 Å². The average molecular weight is 268 g/mol. The minimum Gasteiger partial charge on any atom is -0.322 e. The highest BCUT2D eigenvalue weighted by atomic mass is 19.1. The van der Waals surface area contributed by atoms with Gasteiger partial charge in [0, 0.05) is 11.3 Å². The SMILES string of the molecule is Cc1ccc(C)c(C(=O)Nc2ccc(F)c(C#N)c2)c1. The van der Waals surface area contributed by atoms with Gasteiger partial charge in [0.2, 0.25) is 0 Å². The average Bonchev–Trinajstić information content (AvgIpc) is 2.43. The van der Waals surface area contributed by atoms with Gasteiger partial charge in [0.1, 0.15) is 11.9 Å². The van der Waals surface area contributed by atoms with E-state index < -0.39 is 5.82 Å². The number of hydrogen-bond acceptors (Lipinski definition) is 2. The lowest BCUT2D eigenvalue weighted by Crippen LogP contribution is -2.13. The molecule has 2 rings (SSSR count). The first-order valence-electron chi connectivity index (χ1n) is 6.09. The summed E-state index contributed by atoms with van der Waals surface area (Å²) >= 11 is 0. The van der Waals surface area contributed by atoms with Crippen LogP contribution < -0.4 is 5.32 Å². The standard InChI is InChI=1S/C16H13FN2O/c1-10-3-4-11(2)14(7-10)16(20)19-13-5-6-15(17)12(8-13)9-18/h3-8H,1-2H3,(H,19,20). The normalized spacial score (nSPS) is 9.90. The molecule has 0 unspecified atom stereocenters. The second-order valence-corrected chi connectivity index (χ2v) is 4.58. The third-order valence-corrected chi connectivity index (χ3v) is 2.98. The predicted octanol–water partition coefficient (Wildman–Crippen LogP) is 3.57. The number of nitrogens with zero attached hydrogens (tertiary/aromatic N) is 1. The van der Waals surface area contributed by atoms with Crippen molar-refractivity contribution < 1.29 is 9.18 Å². The van der Waals surface area contributed by atoms with Crippen molar-refractivity contribution in [3.8, 4) is 6.07 Å². The molecule has 0 spiro atoms. The van der Waals surface area contributed by atoms with E-state index in [0.717, 1.165) is 17.2 Å². The molecule has 1 amide bonds. The Morgan fingerprint density at radius 2 is 1.95 bits per heavy atom. The molecule has 100 valence electrons. The van der Waals surface area contributed by atoms with Gasteiger partial charge in [-0.1, -0.05) is 17.7 Å². The van der Waals surface area contributed by atoms with Crippen LogP contribution in [-0.4, -0.2) is 5.91 Å². The lowest BCUT2D eigenvalue weighted by atomic mass is 10.0. The first-order chi connectivity index (χ1) is 9.51. The van der Waals surface area contributed by atoms with E-state index in [0.29, 0.717) is 11.3 Å². The molecule has 0 aliphatic carbocycles. The zero-order valence-corrected chi connectivity index (χ0v) is 11.2. The van der Waals surface area contributed by atoms with Gasteiger partial charge in [-0.3, -0.25) is 4.79 Å². The lowest BCUT2D eigenvalue weighted by Gasteiger charge is -2.09. The molecule has 0 saturated heterocycles. The number of aryl methyl sites for hydroxylation is 2. The summed E-state index contributed by atoms with van der Waals surface area (Å²) in [6, 6.07) is 11.2. The van der Waals surface area contributed by atoms with Crippen LogP contribution in [0.2, 0.25) is 0 Å². The summed E-state index contributed by atoms with van der Waals surface area (Å²) in [5.41, 5.74) is 2.71. The zero-order valence-electron chi connectivity index (χ0n) is 11.2. The first kappa shape index (κ1) is 13.8. The van der Waals surface area contributed by atoms with Gasteiger partial charge in [-0.05, 0) is 43.7 Å². The van der Waals surface area contributed by atoms with E-state index in [2.05, 4.69) is 5.32 Å². The Morgan fingerprint density at radius 3 is 2.65 bits per heavy atom. The molecule has 0 aliphatic heterocycles. The maximum atomic E-state index is 13.2. The molecule has 0 atom stereocenters. The van der Waals surface area contributed by atoms with Crippen LogP contribution in [-0.2, 0) is 0 Å². The Hall–Kier alpha value is -2.67. The molecule has 0 heterocycles. The molecule has 0 radical (unpaired) electrons. The van der Waals surface area contributed by atoms with Crippen molar-refractivity contribution in [2.24, 2.45) is 0 Å². The second kappa shape index (κ2) is 5.54. The third kappa shape index (κ3) is 2.83. The molecule has 3 nitrogen and oxygen atoms in total. The first-order valence-corrected chi connectivity index (χ1v) is 6.09. The number of hydrogen-bond donors (Lipinski definition) is 1. The van der Waals surface area contributed by atoms with Crippen molar-refractivity contribution in [2.75, 3.05) is 5.32 Å². The maximum Gasteiger partial charge on any atom is 0.255 e. The fraction of sp³-hybridized carbons (Fsp3) is 0.125. The van der Waals surface area contributed by atoms with Gasteiger partial charge < -0.3 is 5.32 Å². The highest BCUT2D eigenvalue weighted by molar-refractivity contribution is 6.05. The van der Waals surface area contributed by atoms with Crippen molar-refractivity contribution >= 4 is 11.6 Å². The molecule has 0 fully saturated rings. The van der Waals surface area contributed by atoms with E-state index >= 15 is 0 Å². The van der Waals surface area contributed by atoms with Gasteiger partial charge in [0.05, 0.1) is 5.56 Å². The highest BCUT2D eigenvalue weighted by Gasteiger charge is 2.11. The third-order valence-electron chi connectivity index (χ3n) is 2.98. The van der Waals surface area contributed by atoms with Gasteiger partial charge in [-0.2, -0.15) is 5.26 Å². The summed E-state index contributed by atoms with van der Waals surface area (Å²) < 4.78 is 13.2. The molecule has 0 bridgehead atoms. The summed E-state index contributed by atoms with van der Waals surface area (Å²) in [6.45, 7) is 3.75. The molecule has 4 heteroatoms. The fourth-order valence-corrected chi connectivity index (χ4v) is 1.87. The van der Waals surface area contributed by atoms with Crippen molar-refractivity contribution in [2.45, 2.75) is 13.8 Å². The molecule has 2 aromatic rings. The molecule has 0 aliphatic rings. The number of anilines is 1. The predicted molar refractivity (Wildman–Crippen MR) is 75.0 cm³/mol. The molecule has 0 aromatic heterocycles. The minimum absolute atomic E-state index is 0.0937. The van der Waals surface area contributed by atoms with E-state index in [1.807, 2.05) is 26.0 Å². The minimum atomic E-state index is -0.600. The Balaban J connectivity index is 2.28. The van der Waals surface area contributed by atoms with E-state index in [1.165, 1.54) is 12.1 Å². The lowest BCUT2D eigenvalue weighted by molar-refractivity contribution is 0.102. The van der Waals surface area contributed by atoms with Crippen LogP contribution in [0.1, 0.15) is 27.0 Å². The number of carbonyl (C=O) groups excluding carboxylic acids is 1. The van der Waals surface area contributed by atoms with Crippen molar-refractivity contribution in [3.05, 3.63) is 64.5 Å². The molecule has 2 aromatic carbocycles.